The summed E-state index contributed by atoms with van der Waals surface area (Å²) in [6, 6.07) is 12.7. The van der Waals surface area contributed by atoms with Crippen LogP contribution in [0.15, 0.2) is 42.6 Å². The fraction of sp³-hybridized carbons (Fsp3) is 0.267. The molecule has 0 aliphatic heterocycles. The second-order valence-electron chi connectivity index (χ2n) is 4.47. The van der Waals surface area contributed by atoms with Crippen molar-refractivity contribution in [3.8, 4) is 11.3 Å². The highest BCUT2D eigenvalue weighted by Crippen LogP contribution is 2.27. The third-order valence-corrected chi connectivity index (χ3v) is 2.75. The number of pyridine rings is 1. The third kappa shape index (κ3) is 2.13. The minimum Gasteiger partial charge on any atom is -0.256 e. The van der Waals surface area contributed by atoms with Crippen molar-refractivity contribution in [2.75, 3.05) is 0 Å². The van der Waals surface area contributed by atoms with E-state index >= 15 is 0 Å². The summed E-state index contributed by atoms with van der Waals surface area (Å²) in [5.41, 5.74) is 4.91. The first-order valence-electron chi connectivity index (χ1n) is 5.70. The molecule has 0 unspecified atom stereocenters. The average molecular weight is 211 g/mol. The van der Waals surface area contributed by atoms with E-state index in [9.17, 15) is 0 Å². The number of rotatable bonds is 2. The maximum absolute atomic E-state index is 4.51. The van der Waals surface area contributed by atoms with Crippen LogP contribution in [-0.2, 0) is 0 Å². The molecule has 1 heterocycles. The van der Waals surface area contributed by atoms with Crippen LogP contribution in [0.3, 0.4) is 0 Å². The van der Waals surface area contributed by atoms with E-state index in [1.165, 1.54) is 16.7 Å². The van der Waals surface area contributed by atoms with Crippen molar-refractivity contribution < 1.29 is 0 Å². The summed E-state index contributed by atoms with van der Waals surface area (Å²) in [7, 11) is 0. The fourth-order valence-electron chi connectivity index (χ4n) is 1.92. The lowest BCUT2D eigenvalue weighted by molar-refractivity contribution is 0.861. The highest BCUT2D eigenvalue weighted by Gasteiger charge is 2.08. The largest absolute Gasteiger partial charge is 0.256 e. The molecule has 0 atom stereocenters. The summed E-state index contributed by atoms with van der Waals surface area (Å²) < 4.78 is 0. The van der Waals surface area contributed by atoms with Crippen LogP contribution in [0.5, 0.6) is 0 Å². The summed E-state index contributed by atoms with van der Waals surface area (Å²) in [5.74, 6) is 0.504. The molecule has 16 heavy (non-hydrogen) atoms. The molecule has 0 radical (unpaired) electrons. The molecule has 82 valence electrons. The zero-order valence-corrected chi connectivity index (χ0v) is 10.1. The van der Waals surface area contributed by atoms with Gasteiger partial charge in [-0.25, -0.2) is 0 Å². The van der Waals surface area contributed by atoms with E-state index in [4.69, 9.17) is 0 Å². The van der Waals surface area contributed by atoms with E-state index < -0.39 is 0 Å². The maximum atomic E-state index is 4.51. The van der Waals surface area contributed by atoms with Crippen molar-refractivity contribution in [1.29, 1.82) is 0 Å². The summed E-state index contributed by atoms with van der Waals surface area (Å²) in [5, 5.41) is 0. The van der Waals surface area contributed by atoms with Gasteiger partial charge in [0.2, 0.25) is 0 Å². The second kappa shape index (κ2) is 4.48. The molecular weight excluding hydrogens is 194 g/mol. The Morgan fingerprint density at radius 3 is 2.56 bits per heavy atom. The maximum Gasteiger partial charge on any atom is 0.0736 e. The molecular formula is C15H17N. The van der Waals surface area contributed by atoms with Gasteiger partial charge in [-0.15, -0.1) is 0 Å². The Morgan fingerprint density at radius 1 is 1.06 bits per heavy atom. The standard InChI is InChI=1S/C15H17N/c1-11(2)14-8-5-9-16-15(14)13-7-4-6-12(3)10-13/h4-11H,1-3H3. The lowest BCUT2D eigenvalue weighted by atomic mass is 9.96. The minimum absolute atomic E-state index is 0.504. The number of aryl methyl sites for hydroxylation is 1. The van der Waals surface area contributed by atoms with Gasteiger partial charge in [-0.3, -0.25) is 4.98 Å². The smallest absolute Gasteiger partial charge is 0.0736 e. The quantitative estimate of drug-likeness (QED) is 0.726. The van der Waals surface area contributed by atoms with Gasteiger partial charge in [0.1, 0.15) is 0 Å². The van der Waals surface area contributed by atoms with Gasteiger partial charge < -0.3 is 0 Å². The van der Waals surface area contributed by atoms with Gasteiger partial charge in [0, 0.05) is 11.8 Å². The molecule has 1 aromatic carbocycles. The average Bonchev–Trinajstić information content (AvgIpc) is 2.29. The van der Waals surface area contributed by atoms with Crippen LogP contribution in [0, 0.1) is 6.92 Å². The topological polar surface area (TPSA) is 12.9 Å². The molecule has 0 fully saturated rings. The second-order valence-corrected chi connectivity index (χ2v) is 4.47. The van der Waals surface area contributed by atoms with Gasteiger partial charge in [-0.2, -0.15) is 0 Å². The predicted molar refractivity (Wildman–Crippen MR) is 68.5 cm³/mol. The third-order valence-electron chi connectivity index (χ3n) is 2.75. The number of nitrogens with zero attached hydrogens (tertiary/aromatic N) is 1. The van der Waals surface area contributed by atoms with Crippen LogP contribution in [0.2, 0.25) is 0 Å². The Bertz CT molecular complexity index is 486. The molecule has 0 N–H and O–H groups in total. The summed E-state index contributed by atoms with van der Waals surface area (Å²) >= 11 is 0. The van der Waals surface area contributed by atoms with E-state index in [0.29, 0.717) is 5.92 Å². The molecule has 1 aromatic heterocycles. The summed E-state index contributed by atoms with van der Waals surface area (Å²) in [6.07, 6.45) is 1.86. The van der Waals surface area contributed by atoms with Crippen LogP contribution in [0.1, 0.15) is 30.9 Å². The SMILES string of the molecule is Cc1cccc(-c2ncccc2C(C)C)c1. The van der Waals surface area contributed by atoms with E-state index in [2.05, 4.69) is 56.1 Å². The van der Waals surface area contributed by atoms with Gasteiger partial charge >= 0.3 is 0 Å². The minimum atomic E-state index is 0.504. The van der Waals surface area contributed by atoms with Crippen molar-refractivity contribution in [2.24, 2.45) is 0 Å². The van der Waals surface area contributed by atoms with Crippen LogP contribution in [-0.4, -0.2) is 4.98 Å². The monoisotopic (exact) mass is 211 g/mol. The van der Waals surface area contributed by atoms with E-state index in [1.54, 1.807) is 0 Å². The zero-order valence-electron chi connectivity index (χ0n) is 10.1. The molecule has 1 heteroatoms. The van der Waals surface area contributed by atoms with Gasteiger partial charge in [-0.05, 0) is 30.5 Å². The Labute approximate surface area is 97.2 Å². The van der Waals surface area contributed by atoms with Crippen molar-refractivity contribution in [3.63, 3.8) is 0 Å². The zero-order chi connectivity index (χ0) is 11.5. The fourth-order valence-corrected chi connectivity index (χ4v) is 1.92. The molecule has 0 amide bonds. The van der Waals surface area contributed by atoms with E-state index in [-0.39, 0.29) is 0 Å². The van der Waals surface area contributed by atoms with Gasteiger partial charge in [0.05, 0.1) is 5.69 Å². The van der Waals surface area contributed by atoms with Crippen LogP contribution in [0.25, 0.3) is 11.3 Å². The Morgan fingerprint density at radius 2 is 1.88 bits per heavy atom. The molecule has 2 aromatic rings. The normalized spacial score (nSPS) is 10.8. The van der Waals surface area contributed by atoms with Gasteiger partial charge in [0.25, 0.3) is 0 Å². The lowest BCUT2D eigenvalue weighted by Gasteiger charge is -2.11. The predicted octanol–water partition coefficient (Wildman–Crippen LogP) is 4.18. The molecule has 0 aliphatic carbocycles. The van der Waals surface area contributed by atoms with Crippen LogP contribution >= 0.6 is 0 Å². The van der Waals surface area contributed by atoms with Crippen molar-refractivity contribution >= 4 is 0 Å². The number of aromatic nitrogens is 1. The highest BCUT2D eigenvalue weighted by molar-refractivity contribution is 5.64. The number of benzene rings is 1. The molecule has 0 saturated heterocycles. The van der Waals surface area contributed by atoms with Gasteiger partial charge in [-0.1, -0.05) is 43.7 Å². The highest BCUT2D eigenvalue weighted by atomic mass is 14.7. The first-order chi connectivity index (χ1) is 7.68. The molecule has 0 bridgehead atoms. The van der Waals surface area contributed by atoms with Crippen LogP contribution < -0.4 is 0 Å². The van der Waals surface area contributed by atoms with Crippen molar-refractivity contribution in [3.05, 3.63) is 53.7 Å². The van der Waals surface area contributed by atoms with Gasteiger partial charge in [0.15, 0.2) is 0 Å². The number of hydrogen-bond acceptors (Lipinski definition) is 1. The molecule has 1 nitrogen and oxygen atoms in total. The van der Waals surface area contributed by atoms with E-state index in [1.807, 2.05) is 12.3 Å². The first-order valence-corrected chi connectivity index (χ1v) is 5.70. The van der Waals surface area contributed by atoms with E-state index in [0.717, 1.165) is 5.69 Å². The molecule has 0 spiro atoms. The molecule has 2 rings (SSSR count). The molecule has 0 aliphatic rings. The van der Waals surface area contributed by atoms with Crippen molar-refractivity contribution in [1.82, 2.24) is 4.98 Å². The first kappa shape index (κ1) is 10.9. The van der Waals surface area contributed by atoms with Crippen molar-refractivity contribution in [2.45, 2.75) is 26.7 Å². The van der Waals surface area contributed by atoms with Crippen LogP contribution in [0.4, 0.5) is 0 Å². The number of hydrogen-bond donors (Lipinski definition) is 0. The molecule has 0 saturated carbocycles. The Kier molecular flexibility index (Phi) is 3.04. The Balaban J connectivity index is 2.55. The summed E-state index contributed by atoms with van der Waals surface area (Å²) in [6.45, 7) is 6.52. The Hall–Kier alpha value is -1.63. The summed E-state index contributed by atoms with van der Waals surface area (Å²) in [4.78, 5) is 4.51. The lowest BCUT2D eigenvalue weighted by Crippen LogP contribution is -1.94.